The van der Waals surface area contributed by atoms with E-state index in [1.54, 1.807) is 13.1 Å². The fourth-order valence-corrected chi connectivity index (χ4v) is 2.66. The summed E-state index contributed by atoms with van der Waals surface area (Å²) in [6, 6.07) is 8.52. The van der Waals surface area contributed by atoms with Crippen molar-refractivity contribution in [1.82, 2.24) is 0 Å². The molecule has 0 radical (unpaired) electrons. The molecule has 138 valence electrons. The van der Waals surface area contributed by atoms with Crippen LogP contribution in [0.2, 0.25) is 5.02 Å². The van der Waals surface area contributed by atoms with Gasteiger partial charge >= 0.3 is 0 Å². The Morgan fingerprint density at radius 1 is 1.38 bits per heavy atom. The number of carbonyl (C=O) groups excluding carboxylic acids is 1. The largest absolute Gasteiger partial charge is 0.496 e. The summed E-state index contributed by atoms with van der Waals surface area (Å²) in [4.78, 5) is 23.4. The van der Waals surface area contributed by atoms with E-state index in [1.165, 1.54) is 37.4 Å². The molecule has 0 aliphatic heterocycles. The molecule has 0 heterocycles. The molecule has 0 aromatic heterocycles. The molecule has 2 aromatic rings. The van der Waals surface area contributed by atoms with Crippen LogP contribution < -0.4 is 15.0 Å². The van der Waals surface area contributed by atoms with Crippen LogP contribution in [-0.4, -0.2) is 31.5 Å². The zero-order valence-electron chi connectivity index (χ0n) is 14.2. The summed E-state index contributed by atoms with van der Waals surface area (Å²) in [5, 5.41) is 13.9. The predicted octanol–water partition coefficient (Wildman–Crippen LogP) is 2.05. The number of hydrogen-bond acceptors (Lipinski definition) is 4. The number of benzene rings is 2. The summed E-state index contributed by atoms with van der Waals surface area (Å²) in [7, 11) is 3.09. The van der Waals surface area contributed by atoms with Crippen molar-refractivity contribution < 1.29 is 23.7 Å². The van der Waals surface area contributed by atoms with E-state index in [-0.39, 0.29) is 29.5 Å². The summed E-state index contributed by atoms with van der Waals surface area (Å²) in [6.45, 7) is 0.178. The number of amides is 1. The number of quaternary nitrogens is 1. The molecule has 1 unspecified atom stereocenters. The number of hydrogen-bond donors (Lipinski definition) is 2. The molecule has 2 rings (SSSR count). The minimum Gasteiger partial charge on any atom is -0.496 e. The Morgan fingerprint density at radius 3 is 2.73 bits per heavy atom. The van der Waals surface area contributed by atoms with Crippen molar-refractivity contribution in [2.75, 3.05) is 26.0 Å². The maximum atomic E-state index is 13.8. The molecule has 0 aliphatic rings. The van der Waals surface area contributed by atoms with Crippen molar-refractivity contribution in [3.63, 3.8) is 0 Å². The Labute approximate surface area is 154 Å². The summed E-state index contributed by atoms with van der Waals surface area (Å²) in [5.41, 5.74) is 0.111. The Balaban J connectivity index is 2.05. The number of ether oxygens (including phenoxy) is 1. The molecule has 1 atom stereocenters. The second kappa shape index (κ2) is 8.59. The van der Waals surface area contributed by atoms with Crippen LogP contribution in [0.5, 0.6) is 5.75 Å². The smallest absolute Gasteiger partial charge is 0.296 e. The maximum absolute atomic E-state index is 13.8. The molecule has 0 saturated heterocycles. The Morgan fingerprint density at radius 2 is 2.12 bits per heavy atom. The third-order valence-electron chi connectivity index (χ3n) is 3.68. The third kappa shape index (κ3) is 4.90. The second-order valence-electron chi connectivity index (χ2n) is 5.70. The molecule has 1 amide bonds. The van der Waals surface area contributed by atoms with Crippen molar-refractivity contribution in [2.24, 2.45) is 0 Å². The van der Waals surface area contributed by atoms with Crippen LogP contribution >= 0.6 is 11.6 Å². The molecular weight excluding hydrogens is 365 g/mol. The van der Waals surface area contributed by atoms with Gasteiger partial charge in [-0.1, -0.05) is 17.7 Å². The predicted molar refractivity (Wildman–Crippen MR) is 95.1 cm³/mol. The molecule has 0 bridgehead atoms. The Hall–Kier alpha value is -2.71. The van der Waals surface area contributed by atoms with E-state index in [0.29, 0.717) is 16.2 Å². The molecule has 0 saturated carbocycles. The average molecular weight is 383 g/mol. The van der Waals surface area contributed by atoms with Gasteiger partial charge in [-0.3, -0.25) is 14.9 Å². The van der Waals surface area contributed by atoms with Crippen LogP contribution in [0, 0.1) is 15.9 Å². The van der Waals surface area contributed by atoms with E-state index >= 15 is 0 Å². The number of nitrogens with zero attached hydrogens (tertiary/aromatic N) is 1. The number of likely N-dealkylation sites (N-methyl/N-ethyl adjacent to an activating group) is 1. The molecule has 2 N–H and O–H groups in total. The number of nitro groups is 1. The van der Waals surface area contributed by atoms with Gasteiger partial charge in [0.1, 0.15) is 23.8 Å². The van der Waals surface area contributed by atoms with Crippen molar-refractivity contribution in [1.29, 1.82) is 0 Å². The number of carbonyl (C=O) groups is 1. The third-order valence-corrected chi connectivity index (χ3v) is 4.03. The number of rotatable bonds is 7. The normalized spacial score (nSPS) is 11.7. The van der Waals surface area contributed by atoms with Crippen molar-refractivity contribution in [3.05, 3.63) is 62.9 Å². The van der Waals surface area contributed by atoms with Crippen molar-refractivity contribution in [2.45, 2.75) is 6.54 Å². The number of nitro benzene ring substituents is 1. The minimum atomic E-state index is -0.603. The lowest BCUT2D eigenvalue weighted by Gasteiger charge is -2.15. The number of anilines is 1. The standard InChI is InChI=1S/C17H17ClFN3O4/c1-21(9-12-13(18)4-3-5-14(12)19)10-17(23)20-15-7-6-11(26-2)8-16(15)22(24)25/h3-8H,9-10H2,1-2H3,(H,20,23)/p+1. The lowest BCUT2D eigenvalue weighted by molar-refractivity contribution is -0.885. The molecule has 26 heavy (non-hydrogen) atoms. The second-order valence-corrected chi connectivity index (χ2v) is 6.11. The molecule has 7 nitrogen and oxygen atoms in total. The van der Waals surface area contributed by atoms with Gasteiger partial charge in [-0.05, 0) is 24.3 Å². The Kier molecular flexibility index (Phi) is 6.48. The first-order valence-corrected chi connectivity index (χ1v) is 8.06. The van der Waals surface area contributed by atoms with Gasteiger partial charge in [0, 0.05) is 0 Å². The monoisotopic (exact) mass is 382 g/mol. The van der Waals surface area contributed by atoms with Crippen LogP contribution in [0.25, 0.3) is 0 Å². The van der Waals surface area contributed by atoms with Gasteiger partial charge in [-0.25, -0.2) is 4.39 Å². The molecule has 0 spiro atoms. The average Bonchev–Trinajstić information content (AvgIpc) is 2.58. The van der Waals surface area contributed by atoms with Gasteiger partial charge in [0.15, 0.2) is 6.54 Å². The van der Waals surface area contributed by atoms with Crippen LogP contribution in [-0.2, 0) is 11.3 Å². The van der Waals surface area contributed by atoms with Crippen molar-refractivity contribution >= 4 is 28.9 Å². The number of methoxy groups -OCH3 is 1. The van der Waals surface area contributed by atoms with E-state index in [0.717, 1.165) is 0 Å². The quantitative estimate of drug-likeness (QED) is 0.567. The SMILES string of the molecule is COc1ccc(NC(=O)C[NH+](C)Cc2c(F)cccc2Cl)c([N+](=O)[O-])c1. The summed E-state index contributed by atoms with van der Waals surface area (Å²) in [6.07, 6.45) is 0. The first kappa shape index (κ1) is 19.6. The van der Waals surface area contributed by atoms with E-state index in [1.807, 2.05) is 0 Å². The van der Waals surface area contributed by atoms with Gasteiger partial charge in [-0.2, -0.15) is 0 Å². The van der Waals surface area contributed by atoms with Crippen LogP contribution in [0.1, 0.15) is 5.56 Å². The molecule has 2 aromatic carbocycles. The van der Waals surface area contributed by atoms with Gasteiger partial charge in [0.25, 0.3) is 11.6 Å². The molecule has 0 aliphatic carbocycles. The number of nitrogens with one attached hydrogen (secondary N) is 2. The molecule has 0 fully saturated rings. The van der Waals surface area contributed by atoms with Crippen LogP contribution in [0.3, 0.4) is 0 Å². The zero-order chi connectivity index (χ0) is 19.3. The highest BCUT2D eigenvalue weighted by atomic mass is 35.5. The molecule has 9 heteroatoms. The minimum absolute atomic E-state index is 0.0200. The maximum Gasteiger partial charge on any atom is 0.296 e. The first-order valence-electron chi connectivity index (χ1n) is 7.68. The van der Waals surface area contributed by atoms with Gasteiger partial charge < -0.3 is 15.0 Å². The topological polar surface area (TPSA) is 85.9 Å². The fourth-order valence-electron chi connectivity index (χ4n) is 2.43. The number of halogens is 2. The van der Waals surface area contributed by atoms with E-state index < -0.39 is 16.6 Å². The fraction of sp³-hybridized carbons (Fsp3) is 0.235. The van der Waals surface area contributed by atoms with Crippen LogP contribution in [0.4, 0.5) is 15.8 Å². The van der Waals surface area contributed by atoms with Gasteiger partial charge in [0.05, 0.1) is 35.7 Å². The highest BCUT2D eigenvalue weighted by Gasteiger charge is 2.20. The summed E-state index contributed by atoms with van der Waals surface area (Å²) < 4.78 is 18.8. The van der Waals surface area contributed by atoms with Crippen molar-refractivity contribution in [3.8, 4) is 5.75 Å². The zero-order valence-corrected chi connectivity index (χ0v) is 15.0. The summed E-state index contributed by atoms with van der Waals surface area (Å²) in [5.74, 6) is -0.571. The van der Waals surface area contributed by atoms with Crippen LogP contribution in [0.15, 0.2) is 36.4 Å². The van der Waals surface area contributed by atoms with E-state index in [2.05, 4.69) is 5.32 Å². The molecular formula is C17H18ClFN3O4+. The summed E-state index contributed by atoms with van der Waals surface area (Å²) >= 11 is 5.98. The van der Waals surface area contributed by atoms with E-state index in [4.69, 9.17) is 16.3 Å². The van der Waals surface area contributed by atoms with Gasteiger partial charge in [0.2, 0.25) is 0 Å². The van der Waals surface area contributed by atoms with Gasteiger partial charge in [-0.15, -0.1) is 0 Å². The lowest BCUT2D eigenvalue weighted by Crippen LogP contribution is -3.08. The first-order chi connectivity index (χ1) is 12.3. The highest BCUT2D eigenvalue weighted by molar-refractivity contribution is 6.31. The van der Waals surface area contributed by atoms with E-state index in [9.17, 15) is 19.3 Å². The highest BCUT2D eigenvalue weighted by Crippen LogP contribution is 2.28. The lowest BCUT2D eigenvalue weighted by atomic mass is 10.2. The Bertz CT molecular complexity index is 811.